The van der Waals surface area contributed by atoms with Gasteiger partial charge in [-0.2, -0.15) is 0 Å². The van der Waals surface area contributed by atoms with E-state index in [9.17, 15) is 43.5 Å². The summed E-state index contributed by atoms with van der Waals surface area (Å²) in [4.78, 5) is 109. The highest BCUT2D eigenvalue weighted by atomic mass is 32.1. The van der Waals surface area contributed by atoms with Crippen molar-refractivity contribution in [1.29, 1.82) is 0 Å². The number of carboxylic acid groups (broad SMARTS) is 1. The minimum atomic E-state index is -1.02. The Hall–Kier alpha value is -5.43. The Kier molecular flexibility index (Phi) is 24.0. The maximum atomic E-state index is 13.7. The fourth-order valence-electron chi connectivity index (χ4n) is 7.31. The average molecular weight is 942 g/mol. The number of unbranched alkanes of at least 4 members (excludes halogenated alkanes) is 1. The molecule has 7 amide bonds. The van der Waals surface area contributed by atoms with Gasteiger partial charge in [0.05, 0.1) is 12.0 Å². The van der Waals surface area contributed by atoms with E-state index in [1.165, 1.54) is 32.1 Å². The Morgan fingerprint density at radius 2 is 1.42 bits per heavy atom. The van der Waals surface area contributed by atoms with Crippen LogP contribution in [0.25, 0.3) is 0 Å². The molecule has 0 aliphatic rings. The predicted octanol–water partition coefficient (Wildman–Crippen LogP) is 4.30. The smallest absolute Gasteiger partial charge is 0.306 e. The molecule has 0 fully saturated rings. The van der Waals surface area contributed by atoms with E-state index in [0.717, 1.165) is 12.0 Å². The van der Waals surface area contributed by atoms with Gasteiger partial charge in [-0.25, -0.2) is 4.98 Å². The molecule has 0 saturated heterocycles. The number of benzene rings is 1. The van der Waals surface area contributed by atoms with E-state index >= 15 is 0 Å². The van der Waals surface area contributed by atoms with E-state index in [2.05, 4.69) is 36.9 Å². The van der Waals surface area contributed by atoms with E-state index in [-0.39, 0.29) is 60.1 Å². The van der Waals surface area contributed by atoms with Crippen LogP contribution in [0.3, 0.4) is 0 Å². The van der Waals surface area contributed by atoms with Gasteiger partial charge in [0.1, 0.15) is 28.8 Å². The lowest BCUT2D eigenvalue weighted by Crippen LogP contribution is -2.57. The number of thiazole rings is 1. The molecule has 1 aromatic heterocycles. The second-order valence-corrected chi connectivity index (χ2v) is 19.0. The zero-order valence-corrected chi connectivity index (χ0v) is 41.4. The molecule has 0 unspecified atom stereocenters. The Morgan fingerprint density at radius 1 is 0.788 bits per heavy atom. The number of carbonyl (C=O) groups is 8. The van der Waals surface area contributed by atoms with Gasteiger partial charge in [0.2, 0.25) is 35.4 Å². The van der Waals surface area contributed by atoms with Gasteiger partial charge in [-0.3, -0.25) is 38.4 Å². The summed E-state index contributed by atoms with van der Waals surface area (Å²) < 4.78 is 0. The Bertz CT molecular complexity index is 1940. The van der Waals surface area contributed by atoms with Crippen molar-refractivity contribution < 1.29 is 43.5 Å². The van der Waals surface area contributed by atoms with Crippen LogP contribution >= 0.6 is 11.3 Å². The quantitative estimate of drug-likeness (QED) is 0.0558. The van der Waals surface area contributed by atoms with Crippen LogP contribution in [-0.2, 0) is 40.0 Å². The van der Waals surface area contributed by atoms with Crippen LogP contribution in [0.4, 0.5) is 5.69 Å². The SMILES string of the molecule is CC[C@H](C)CC(=O)N(C)[C@H](C[C@@H](NC(C)=O)c1nc(C(=O)N[C@@H](Cc2ccc(NC(=O)[C@H](C)NC(=O)[C@@H](NC(=O)[C@H](CCCCN)NC(C)=O)C(C)C)cc2)C[C@H](C)C(=O)O)cs1)C(C)C. The first-order valence-corrected chi connectivity index (χ1v) is 23.8. The molecule has 0 bridgehead atoms. The Labute approximate surface area is 394 Å². The van der Waals surface area contributed by atoms with Gasteiger partial charge >= 0.3 is 5.97 Å². The third kappa shape index (κ3) is 19.2. The number of anilines is 1. The van der Waals surface area contributed by atoms with Crippen molar-refractivity contribution >= 4 is 64.3 Å². The average Bonchev–Trinajstić information content (AvgIpc) is 3.74. The predicted molar refractivity (Wildman–Crippen MR) is 255 cm³/mol. The highest BCUT2D eigenvalue weighted by molar-refractivity contribution is 7.09. The zero-order valence-electron chi connectivity index (χ0n) is 40.6. The molecule has 9 N–H and O–H groups in total. The van der Waals surface area contributed by atoms with Gasteiger partial charge in [0.15, 0.2) is 0 Å². The summed E-state index contributed by atoms with van der Waals surface area (Å²) in [6.45, 7) is 17.8. The van der Waals surface area contributed by atoms with E-state index in [4.69, 9.17) is 5.73 Å². The molecule has 1 heterocycles. The minimum absolute atomic E-state index is 0.0195. The molecule has 19 heteroatoms. The molecular formula is C47H75N9O9S. The molecular weight excluding hydrogens is 867 g/mol. The highest BCUT2D eigenvalue weighted by Gasteiger charge is 2.32. The molecule has 66 heavy (non-hydrogen) atoms. The lowest BCUT2D eigenvalue weighted by Gasteiger charge is -2.34. The number of aliphatic carboxylic acids is 1. The molecule has 0 aliphatic heterocycles. The second-order valence-electron chi connectivity index (χ2n) is 18.1. The first-order chi connectivity index (χ1) is 31.0. The van der Waals surface area contributed by atoms with Crippen LogP contribution in [0.15, 0.2) is 29.6 Å². The van der Waals surface area contributed by atoms with Gasteiger partial charge in [0, 0.05) is 50.5 Å². The Balaban J connectivity index is 2.18. The summed E-state index contributed by atoms with van der Waals surface area (Å²) in [6.07, 6.45) is 3.65. The van der Waals surface area contributed by atoms with Crippen LogP contribution < -0.4 is 37.6 Å². The Morgan fingerprint density at radius 3 is 1.97 bits per heavy atom. The molecule has 2 rings (SSSR count). The van der Waals surface area contributed by atoms with E-state index in [0.29, 0.717) is 49.3 Å². The molecule has 8 atom stereocenters. The third-order valence-electron chi connectivity index (χ3n) is 11.5. The van der Waals surface area contributed by atoms with Crippen LogP contribution in [0.1, 0.15) is 141 Å². The standard InChI is InChI=1S/C47H75N9O9S/c1-12-28(6)21-40(59)56(11)39(26(2)3)24-37(51-32(10)58)46-54-38(25-66-46)44(62)53-35(22-29(7)47(64)65)23-33-16-18-34(19-17-33)52-42(60)30(8)49-45(63)41(27(4)5)55-43(61)36(50-31(9)57)15-13-14-20-48/h16-19,25-30,35-37,39,41H,12-15,20-24,48H2,1-11H3,(H,49,63)(H,50,57)(H,51,58)(H,52,60)(H,53,62)(H,55,61)(H,64,65)/t28-,29-,30-,35+,36-,37+,39+,41-/m0/s1. The van der Waals surface area contributed by atoms with E-state index in [1.807, 2.05) is 27.7 Å². The largest absolute Gasteiger partial charge is 0.481 e. The summed E-state index contributed by atoms with van der Waals surface area (Å²) in [5, 5.41) is 28.5. The zero-order chi connectivity index (χ0) is 49.8. The van der Waals surface area contributed by atoms with Crippen molar-refractivity contribution in [2.75, 3.05) is 18.9 Å². The summed E-state index contributed by atoms with van der Waals surface area (Å²) >= 11 is 1.21. The van der Waals surface area contributed by atoms with Gasteiger partial charge in [0.25, 0.3) is 5.91 Å². The summed E-state index contributed by atoms with van der Waals surface area (Å²) in [7, 11) is 1.78. The van der Waals surface area contributed by atoms with Gasteiger partial charge in [-0.1, -0.05) is 67.0 Å². The molecule has 1 aromatic carbocycles. The summed E-state index contributed by atoms with van der Waals surface area (Å²) in [5.41, 5.74) is 6.85. The summed E-state index contributed by atoms with van der Waals surface area (Å²) in [5.74, 6) is -4.64. The molecule has 0 spiro atoms. The van der Waals surface area contributed by atoms with E-state index in [1.54, 1.807) is 62.4 Å². The topological polar surface area (TPSA) is 271 Å². The third-order valence-corrected chi connectivity index (χ3v) is 12.5. The molecule has 0 aliphatic carbocycles. The van der Waals surface area contributed by atoms with Crippen LogP contribution in [0, 0.1) is 23.7 Å². The fraction of sp³-hybridized carbons (Fsp3) is 0.638. The van der Waals surface area contributed by atoms with Gasteiger partial charge in [-0.05, 0) is 87.4 Å². The lowest BCUT2D eigenvalue weighted by atomic mass is 9.94. The van der Waals surface area contributed by atoms with E-state index < -0.39 is 65.7 Å². The lowest BCUT2D eigenvalue weighted by molar-refractivity contribution is -0.141. The molecule has 0 radical (unpaired) electrons. The number of carboxylic acids is 1. The van der Waals surface area contributed by atoms with Crippen molar-refractivity contribution in [3.8, 4) is 0 Å². The number of carbonyl (C=O) groups excluding carboxylic acids is 7. The molecule has 0 saturated carbocycles. The number of amides is 7. The van der Waals surface area contributed by atoms with Gasteiger partial charge < -0.3 is 47.6 Å². The number of nitrogens with two attached hydrogens (primary N) is 1. The van der Waals surface area contributed by atoms with Crippen molar-refractivity contribution in [2.45, 2.75) is 157 Å². The van der Waals surface area contributed by atoms with Crippen LogP contribution in [-0.4, -0.2) is 106 Å². The monoisotopic (exact) mass is 942 g/mol. The summed E-state index contributed by atoms with van der Waals surface area (Å²) in [6, 6.07) is 2.54. The minimum Gasteiger partial charge on any atom is -0.481 e. The highest BCUT2D eigenvalue weighted by Crippen LogP contribution is 2.28. The first kappa shape index (κ1) is 56.7. The molecule has 2 aromatic rings. The fourth-order valence-corrected chi connectivity index (χ4v) is 8.18. The van der Waals surface area contributed by atoms with Crippen LogP contribution in [0.2, 0.25) is 0 Å². The van der Waals surface area contributed by atoms with Crippen LogP contribution in [0.5, 0.6) is 0 Å². The number of aromatic nitrogens is 1. The number of rotatable bonds is 28. The molecule has 18 nitrogen and oxygen atoms in total. The van der Waals surface area contributed by atoms with Crippen molar-refractivity contribution in [3.05, 3.63) is 45.9 Å². The van der Waals surface area contributed by atoms with Crippen molar-refractivity contribution in [2.24, 2.45) is 29.4 Å². The number of hydrogen-bond donors (Lipinski definition) is 8. The normalized spacial score (nSPS) is 14.9. The number of nitrogens with zero attached hydrogens (tertiary/aromatic N) is 2. The maximum Gasteiger partial charge on any atom is 0.306 e. The number of hydrogen-bond acceptors (Lipinski definition) is 11. The molecule has 368 valence electrons. The van der Waals surface area contributed by atoms with Crippen molar-refractivity contribution in [3.63, 3.8) is 0 Å². The number of nitrogens with one attached hydrogen (secondary N) is 6. The maximum absolute atomic E-state index is 13.7. The first-order valence-electron chi connectivity index (χ1n) is 23.0. The van der Waals surface area contributed by atoms with Crippen molar-refractivity contribution in [1.82, 2.24) is 36.5 Å². The van der Waals surface area contributed by atoms with Gasteiger partial charge in [-0.15, -0.1) is 11.3 Å². The second kappa shape index (κ2) is 27.9.